The second kappa shape index (κ2) is 52.4. The van der Waals surface area contributed by atoms with Crippen LogP contribution in [-0.2, 0) is 83.1 Å². The average molecular weight is 1980 g/mol. The zero-order valence-corrected chi connectivity index (χ0v) is 76.8. The van der Waals surface area contributed by atoms with Gasteiger partial charge in [0.15, 0.2) is 65.3 Å². The first-order valence-electron chi connectivity index (χ1n) is 40.1. The van der Waals surface area contributed by atoms with Gasteiger partial charge in [-0.25, -0.2) is 44.1 Å². The minimum atomic E-state index is -5.08. The van der Waals surface area contributed by atoms with Crippen LogP contribution in [0.15, 0.2) is 69.2 Å². The van der Waals surface area contributed by atoms with Gasteiger partial charge in [0.1, 0.15) is 5.03 Å². The third-order valence-corrected chi connectivity index (χ3v) is 22.1. The zero-order valence-electron chi connectivity index (χ0n) is 73.6. The number of aliphatic hydroxyl groups excluding tert-OH is 1. The number of carboxylic acids is 4. The molecule has 134 heavy (non-hydrogen) atoms. The number of esters is 1. The normalized spacial score (nSPS) is 13.7. The van der Waals surface area contributed by atoms with Crippen molar-refractivity contribution in [1.82, 2.24) is 103 Å². The number of hydrogen-bond acceptors (Lipinski definition) is 32. The van der Waals surface area contributed by atoms with Crippen LogP contribution in [0.5, 0.6) is 0 Å². The number of piperazine rings is 4. The molecule has 56 heteroatoms. The fraction of sp³-hybridized carbons (Fsp3) is 0.513. The number of anilines is 4. The highest BCUT2D eigenvalue weighted by molar-refractivity contribution is 7.99. The molecule has 0 aromatic carbocycles. The summed E-state index contributed by atoms with van der Waals surface area (Å²) in [4.78, 5) is 149. The average Bonchev–Trinajstić information content (AvgIpc) is 1.62. The number of halogens is 12. The van der Waals surface area contributed by atoms with Crippen LogP contribution in [0.4, 0.5) is 76.5 Å². The monoisotopic (exact) mass is 1980 g/mol. The number of hydrogen-bond donors (Lipinski definition) is 9. The summed E-state index contributed by atoms with van der Waals surface area (Å²) in [6, 6.07) is 5.66. The Morgan fingerprint density at radius 1 is 0.410 bits per heavy atom. The number of pyridine rings is 1. The molecule has 0 amide bonds. The van der Waals surface area contributed by atoms with Crippen molar-refractivity contribution in [3.05, 3.63) is 65.8 Å². The highest BCUT2D eigenvalue weighted by Crippen LogP contribution is 2.30. The van der Waals surface area contributed by atoms with Gasteiger partial charge in [0, 0.05) is 151 Å². The second-order valence-corrected chi connectivity index (χ2v) is 31.6. The fourth-order valence-electron chi connectivity index (χ4n) is 11.9. The Morgan fingerprint density at radius 3 is 0.910 bits per heavy atom. The maximum Gasteiger partial charge on any atom is 0.490 e. The molecule has 4 aliphatic rings. The molecule has 0 unspecified atom stereocenters. The lowest BCUT2D eigenvalue weighted by molar-refractivity contribution is -0.193. The van der Waals surface area contributed by atoms with Crippen molar-refractivity contribution >= 4 is 145 Å². The minimum Gasteiger partial charge on any atom is -0.475 e. The van der Waals surface area contributed by atoms with Gasteiger partial charge in [0.05, 0.1) is 45.8 Å². The third-order valence-electron chi connectivity index (χ3n) is 18.2. The van der Waals surface area contributed by atoms with E-state index in [9.17, 15) is 76.7 Å². The molecule has 4 saturated heterocycles. The summed E-state index contributed by atoms with van der Waals surface area (Å²) < 4.78 is 146. The molecule has 9 aromatic heterocycles. The SMILES string of the molecule is CC#CCn1c(N2CCNCC2)nc2nc(SCC)n(C)c(=O)c21.CC#CCn1c(N2CCNCC2)nc2nc(SCCC(=O)OCC)n(C)c(=O)c21.CC#CCn1c(N2CCNCC2)nc2nc(SCCO)n(C)c(=O)c21.CC#CCn1c(N2CCNCC2)nc2nc(Sc3ccccn3)n(C)c(=O)c21.O=C(O)C(F)(F)F.O=C(O)C(F)(F)F.O=C(O)C(F)(F)F.O=C(O)C(F)(F)F. The highest BCUT2D eigenvalue weighted by Gasteiger charge is 2.41. The molecule has 0 spiro atoms. The molecule has 0 aliphatic carbocycles. The lowest BCUT2D eigenvalue weighted by Crippen LogP contribution is -2.44. The summed E-state index contributed by atoms with van der Waals surface area (Å²) in [6.45, 7) is 26.8. The number of thioether (sulfide) groups is 3. The fourth-order valence-corrected chi connectivity index (χ4v) is 14.9. The van der Waals surface area contributed by atoms with E-state index in [0.29, 0.717) is 110 Å². The number of carboxylic acid groups (broad SMARTS) is 4. The topological polar surface area (TPSA) is 481 Å². The Morgan fingerprint density at radius 2 is 0.672 bits per heavy atom. The first-order valence-corrected chi connectivity index (χ1v) is 43.9. The first-order chi connectivity index (χ1) is 63.4. The van der Waals surface area contributed by atoms with Crippen LogP contribution in [0.1, 0.15) is 48.0 Å². The molecule has 0 atom stereocenters. The van der Waals surface area contributed by atoms with Crippen molar-refractivity contribution in [2.75, 3.05) is 155 Å². The van der Waals surface area contributed by atoms with Crippen LogP contribution in [0.3, 0.4) is 0 Å². The maximum absolute atomic E-state index is 13.2. The molecule has 4 fully saturated rings. The number of aliphatic carboxylic acids is 4. The van der Waals surface area contributed by atoms with Gasteiger partial charge in [-0.15, -0.1) is 23.7 Å². The molecule has 9 aromatic rings. The van der Waals surface area contributed by atoms with Gasteiger partial charge in [0.25, 0.3) is 22.2 Å². The summed E-state index contributed by atoms with van der Waals surface area (Å²) in [7, 11) is 6.88. The molecular formula is C78H95F12N25O15S4. The van der Waals surface area contributed by atoms with Gasteiger partial charge >= 0.3 is 54.6 Å². The number of nitrogens with zero attached hydrogens (tertiary/aromatic N) is 21. The zero-order chi connectivity index (χ0) is 99.5. The Kier molecular flexibility index (Phi) is 43.2. The minimum absolute atomic E-state index is 0.0329. The number of nitrogens with one attached hydrogen (secondary N) is 4. The summed E-state index contributed by atoms with van der Waals surface area (Å²) in [5.74, 6) is 17.3. The second-order valence-electron chi connectivity index (χ2n) is 27.3. The van der Waals surface area contributed by atoms with E-state index in [0.717, 1.165) is 139 Å². The van der Waals surface area contributed by atoms with Crippen molar-refractivity contribution in [1.29, 1.82) is 0 Å². The van der Waals surface area contributed by atoms with E-state index in [1.54, 1.807) is 89.9 Å². The van der Waals surface area contributed by atoms with Gasteiger partial charge < -0.3 is 71.1 Å². The number of aliphatic hydroxyl groups is 1. The Bertz CT molecular complexity index is 5970. The van der Waals surface area contributed by atoms with Gasteiger partial charge in [-0.05, 0) is 64.3 Å². The smallest absolute Gasteiger partial charge is 0.475 e. The first kappa shape index (κ1) is 110. The van der Waals surface area contributed by atoms with Gasteiger partial charge in [-0.2, -0.15) is 72.6 Å². The molecule has 13 heterocycles. The van der Waals surface area contributed by atoms with Gasteiger partial charge in [0.2, 0.25) is 23.8 Å². The van der Waals surface area contributed by atoms with Crippen LogP contribution in [0, 0.1) is 47.4 Å². The summed E-state index contributed by atoms with van der Waals surface area (Å²) in [5, 5.41) is 54.0. The van der Waals surface area contributed by atoms with E-state index in [1.807, 2.05) is 43.4 Å². The molecule has 0 radical (unpaired) electrons. The number of carbonyl (C=O) groups is 5. The molecule has 4 aliphatic heterocycles. The highest BCUT2D eigenvalue weighted by atomic mass is 32.2. The van der Waals surface area contributed by atoms with Gasteiger partial charge in [-0.3, -0.25) is 60.5 Å². The number of carbonyl (C=O) groups excluding carboxylic acids is 1. The number of fused-ring (bicyclic) bond motifs is 4. The van der Waals surface area contributed by atoms with Crippen molar-refractivity contribution < 1.29 is 107 Å². The number of alkyl halides is 12. The molecular weight excluding hydrogens is 1880 g/mol. The summed E-state index contributed by atoms with van der Waals surface area (Å²) in [5.41, 5.74) is 3.28. The van der Waals surface area contributed by atoms with E-state index in [4.69, 9.17) is 54.4 Å². The lowest BCUT2D eigenvalue weighted by atomic mass is 10.4. The standard InChI is InChI=1S/C19H21N7OS.C19H26N6O3S.C16H22N6O2S.C16H22N6OS.4C2HF3O2/c1-3-4-11-26-15-16(22-18(26)25-12-9-20-10-13-25)23-19(24(2)17(15)27)28-14-7-5-6-8-21-14;1-4-6-10-25-15-16(21-18(25)24-11-8-20-9-12-24)22-19(23(3)17(15)27)29-13-7-14(26)28-5-2;1-3-4-7-22-12-13(18-15(22)21-8-5-17-6-9-21)19-16(25-11-10-23)20(2)14(12)24;1-4-6-9-22-12-13(18-15(22)21-10-7-17-8-11-21)19-16(24-5-2)20(3)14(12)23;4*3-2(4,5)1(6)7/h5-8,20H,9-13H2,1-2H3;20H,5,7-13H2,1-3H3;17,23H,5-11H2,1-2H3;17H,5,7-11H2,1-3H3;4*(H,6,7). The number of ether oxygens (including phenoxy) is 1. The van der Waals surface area contributed by atoms with E-state index in [-0.39, 0.29) is 41.2 Å². The Balaban J connectivity index is 0.000000250. The summed E-state index contributed by atoms with van der Waals surface area (Å²) >= 11 is 5.60. The van der Waals surface area contributed by atoms with Crippen LogP contribution >= 0.6 is 47.0 Å². The van der Waals surface area contributed by atoms with E-state index in [1.165, 1.54) is 44.4 Å². The van der Waals surface area contributed by atoms with Crippen LogP contribution in [0.25, 0.3) is 44.7 Å². The van der Waals surface area contributed by atoms with E-state index in [2.05, 4.69) is 128 Å². The lowest BCUT2D eigenvalue weighted by Gasteiger charge is -2.28. The molecule has 0 saturated carbocycles. The van der Waals surface area contributed by atoms with Crippen molar-refractivity contribution in [2.24, 2.45) is 28.2 Å². The predicted molar refractivity (Wildman–Crippen MR) is 475 cm³/mol. The van der Waals surface area contributed by atoms with Crippen LogP contribution in [-0.4, -0.2) is 297 Å². The van der Waals surface area contributed by atoms with E-state index >= 15 is 0 Å². The van der Waals surface area contributed by atoms with Crippen LogP contribution < -0.4 is 63.1 Å². The maximum atomic E-state index is 13.2. The largest absolute Gasteiger partial charge is 0.490 e. The van der Waals surface area contributed by atoms with Crippen molar-refractivity contribution in [3.63, 3.8) is 0 Å². The molecule has 40 nitrogen and oxygen atoms in total. The van der Waals surface area contributed by atoms with Gasteiger partial charge in [-0.1, -0.05) is 72.0 Å². The molecule has 730 valence electrons. The summed E-state index contributed by atoms with van der Waals surface area (Å²) in [6.07, 6.45) is -18.3. The quantitative estimate of drug-likeness (QED) is 0.0166. The van der Waals surface area contributed by atoms with Crippen molar-refractivity contribution in [3.8, 4) is 47.4 Å². The molecule has 9 N–H and O–H groups in total. The number of rotatable bonds is 20. The van der Waals surface area contributed by atoms with Crippen molar-refractivity contribution in [2.45, 2.75) is 124 Å². The third kappa shape index (κ3) is 31.4. The number of aromatic nitrogens is 17. The van der Waals surface area contributed by atoms with E-state index < -0.39 is 48.6 Å². The predicted octanol–water partition coefficient (Wildman–Crippen LogP) is 4.57. The number of imidazole rings is 4. The Labute approximate surface area is 771 Å². The van der Waals surface area contributed by atoms with Crippen LogP contribution in [0.2, 0.25) is 0 Å². The molecule has 13 rings (SSSR count). The Hall–Kier alpha value is -12.3. The molecule has 0 bridgehead atoms.